The highest BCUT2D eigenvalue weighted by Gasteiger charge is 2.42. The maximum atomic E-state index is 13.2. The van der Waals surface area contributed by atoms with Crippen molar-refractivity contribution in [1.82, 2.24) is 9.78 Å². The number of aryl methyl sites for hydroxylation is 3. The quantitative estimate of drug-likeness (QED) is 0.709. The van der Waals surface area contributed by atoms with E-state index in [0.29, 0.717) is 0 Å². The van der Waals surface area contributed by atoms with Gasteiger partial charge >= 0.3 is 0 Å². The summed E-state index contributed by atoms with van der Waals surface area (Å²) in [6.45, 7) is 5.78. The highest BCUT2D eigenvalue weighted by molar-refractivity contribution is 6.09. The smallest absolute Gasteiger partial charge is 0.292 e. The zero-order valence-corrected chi connectivity index (χ0v) is 15.6. The fraction of sp³-hybridized carbons (Fsp3) is 0.227. The Morgan fingerprint density at radius 2 is 1.70 bits per heavy atom. The summed E-state index contributed by atoms with van der Waals surface area (Å²) in [5.74, 6) is -0.495. The third-order valence-electron chi connectivity index (χ3n) is 4.83. The second kappa shape index (κ2) is 6.83. The molecule has 0 unspecified atom stereocenters. The summed E-state index contributed by atoms with van der Waals surface area (Å²) in [5.41, 5.74) is 5.47. The van der Waals surface area contributed by atoms with E-state index < -0.39 is 6.10 Å². The minimum Gasteiger partial charge on any atom is -0.381 e. The number of hydrogen-bond acceptors (Lipinski definition) is 4. The predicted molar refractivity (Wildman–Crippen MR) is 104 cm³/mol. The molecule has 4 rings (SSSR count). The zero-order chi connectivity index (χ0) is 19.0. The molecule has 0 bridgehead atoms. The minimum absolute atomic E-state index is 0.208. The van der Waals surface area contributed by atoms with Crippen LogP contribution in [0.4, 0.5) is 0 Å². The van der Waals surface area contributed by atoms with Gasteiger partial charge in [-0.1, -0.05) is 65.3 Å². The largest absolute Gasteiger partial charge is 0.381 e. The first-order chi connectivity index (χ1) is 13.0. The zero-order valence-electron chi connectivity index (χ0n) is 15.6. The van der Waals surface area contributed by atoms with Crippen molar-refractivity contribution in [2.24, 2.45) is 5.16 Å². The van der Waals surface area contributed by atoms with Gasteiger partial charge in [0.1, 0.15) is 0 Å². The SMILES string of the molecule is Cc1ccc([C@@H]2C(c3ccccc3)=NO[C@H]2C(=O)n2nc(C)cc2C)cc1. The van der Waals surface area contributed by atoms with Crippen LogP contribution in [0.3, 0.4) is 0 Å². The van der Waals surface area contributed by atoms with Gasteiger partial charge in [-0.25, -0.2) is 4.68 Å². The van der Waals surface area contributed by atoms with Crippen LogP contribution in [0, 0.1) is 20.8 Å². The number of aromatic nitrogens is 2. The fourth-order valence-electron chi connectivity index (χ4n) is 3.48. The fourth-order valence-corrected chi connectivity index (χ4v) is 3.48. The number of benzene rings is 2. The molecule has 0 saturated heterocycles. The Labute approximate surface area is 158 Å². The van der Waals surface area contributed by atoms with Crippen molar-refractivity contribution in [3.8, 4) is 0 Å². The number of oxime groups is 1. The molecule has 1 aromatic heterocycles. The van der Waals surface area contributed by atoms with Crippen molar-refractivity contribution in [2.75, 3.05) is 0 Å². The Hall–Kier alpha value is -3.21. The van der Waals surface area contributed by atoms with Gasteiger partial charge in [0.25, 0.3) is 5.91 Å². The van der Waals surface area contributed by atoms with Gasteiger partial charge in [-0.3, -0.25) is 4.79 Å². The highest BCUT2D eigenvalue weighted by Crippen LogP contribution is 2.33. The van der Waals surface area contributed by atoms with Crippen molar-refractivity contribution in [1.29, 1.82) is 0 Å². The molecule has 0 saturated carbocycles. The molecule has 0 radical (unpaired) electrons. The van der Waals surface area contributed by atoms with Gasteiger partial charge < -0.3 is 4.84 Å². The molecule has 27 heavy (non-hydrogen) atoms. The summed E-state index contributed by atoms with van der Waals surface area (Å²) in [7, 11) is 0. The van der Waals surface area contributed by atoms with Crippen LogP contribution in [0.1, 0.15) is 38.8 Å². The third-order valence-corrected chi connectivity index (χ3v) is 4.83. The number of carbonyl (C=O) groups excluding carboxylic acids is 1. The van der Waals surface area contributed by atoms with Crippen LogP contribution in [0.2, 0.25) is 0 Å². The molecular weight excluding hydrogens is 338 g/mol. The molecule has 5 heteroatoms. The lowest BCUT2D eigenvalue weighted by Crippen LogP contribution is -2.35. The summed E-state index contributed by atoms with van der Waals surface area (Å²) in [4.78, 5) is 18.9. The van der Waals surface area contributed by atoms with E-state index in [9.17, 15) is 4.79 Å². The molecule has 0 spiro atoms. The Morgan fingerprint density at radius 3 is 2.33 bits per heavy atom. The lowest BCUT2D eigenvalue weighted by molar-refractivity contribution is 0.0414. The minimum atomic E-state index is -0.749. The number of rotatable bonds is 3. The second-order valence-corrected chi connectivity index (χ2v) is 6.93. The molecule has 1 aliphatic heterocycles. The van der Waals surface area contributed by atoms with E-state index in [-0.39, 0.29) is 11.8 Å². The van der Waals surface area contributed by atoms with Crippen LogP contribution in [-0.4, -0.2) is 27.5 Å². The summed E-state index contributed by atoms with van der Waals surface area (Å²) in [6, 6.07) is 19.9. The molecule has 2 aromatic carbocycles. The molecule has 0 N–H and O–H groups in total. The molecule has 136 valence electrons. The van der Waals surface area contributed by atoms with E-state index in [1.807, 2.05) is 81.4 Å². The van der Waals surface area contributed by atoms with Crippen molar-refractivity contribution in [2.45, 2.75) is 32.8 Å². The van der Waals surface area contributed by atoms with Crippen LogP contribution in [-0.2, 0) is 4.84 Å². The van der Waals surface area contributed by atoms with Gasteiger partial charge in [0.2, 0.25) is 6.10 Å². The van der Waals surface area contributed by atoms with E-state index in [2.05, 4.69) is 10.3 Å². The first-order valence-corrected chi connectivity index (χ1v) is 8.98. The van der Waals surface area contributed by atoms with Crippen LogP contribution in [0.25, 0.3) is 0 Å². The summed E-state index contributed by atoms with van der Waals surface area (Å²) in [5, 5.41) is 8.64. The van der Waals surface area contributed by atoms with Crippen molar-refractivity contribution >= 4 is 11.6 Å². The predicted octanol–water partition coefficient (Wildman–Crippen LogP) is 4.04. The first kappa shape index (κ1) is 17.2. The maximum absolute atomic E-state index is 13.2. The molecule has 2 heterocycles. The molecule has 1 aliphatic rings. The first-order valence-electron chi connectivity index (χ1n) is 8.98. The van der Waals surface area contributed by atoms with Gasteiger partial charge in [0.15, 0.2) is 0 Å². The van der Waals surface area contributed by atoms with Crippen molar-refractivity contribution < 1.29 is 9.63 Å². The molecule has 2 atom stereocenters. The van der Waals surface area contributed by atoms with Crippen LogP contribution < -0.4 is 0 Å². The van der Waals surface area contributed by atoms with Crippen molar-refractivity contribution in [3.05, 3.63) is 88.7 Å². The summed E-state index contributed by atoms with van der Waals surface area (Å²) < 4.78 is 1.42. The average Bonchev–Trinajstić information content (AvgIpc) is 3.26. The summed E-state index contributed by atoms with van der Waals surface area (Å²) >= 11 is 0. The molecular formula is C22H21N3O2. The highest BCUT2D eigenvalue weighted by atomic mass is 16.6. The van der Waals surface area contributed by atoms with Gasteiger partial charge in [-0.15, -0.1) is 0 Å². The van der Waals surface area contributed by atoms with Gasteiger partial charge in [-0.2, -0.15) is 5.10 Å². The van der Waals surface area contributed by atoms with Crippen LogP contribution in [0.5, 0.6) is 0 Å². The van der Waals surface area contributed by atoms with E-state index in [0.717, 1.165) is 33.8 Å². The van der Waals surface area contributed by atoms with E-state index in [1.54, 1.807) is 0 Å². The Morgan fingerprint density at radius 1 is 1.00 bits per heavy atom. The van der Waals surface area contributed by atoms with Crippen LogP contribution in [0.15, 0.2) is 65.8 Å². The third kappa shape index (κ3) is 3.16. The lowest BCUT2D eigenvalue weighted by atomic mass is 9.85. The molecule has 3 aromatic rings. The number of hydrogen-bond donors (Lipinski definition) is 0. The molecule has 0 fully saturated rings. The monoisotopic (exact) mass is 359 g/mol. The average molecular weight is 359 g/mol. The standard InChI is InChI=1S/C22H21N3O2/c1-14-9-11-17(12-10-14)19-20(18-7-5-4-6-8-18)24-27-21(19)22(26)25-16(3)13-15(2)23-25/h4-13,19,21H,1-3H3/t19-,21-/m1/s1. The molecule has 0 amide bonds. The number of nitrogens with zero attached hydrogens (tertiary/aromatic N) is 3. The Bertz CT molecular complexity index is 1000. The Balaban J connectivity index is 1.76. The molecule has 0 aliphatic carbocycles. The lowest BCUT2D eigenvalue weighted by Gasteiger charge is -2.19. The number of carbonyl (C=O) groups is 1. The Kier molecular flexibility index (Phi) is 4.36. The summed E-state index contributed by atoms with van der Waals surface area (Å²) in [6.07, 6.45) is -0.749. The maximum Gasteiger partial charge on any atom is 0.292 e. The second-order valence-electron chi connectivity index (χ2n) is 6.93. The molecule has 5 nitrogen and oxygen atoms in total. The van der Waals surface area contributed by atoms with Gasteiger partial charge in [-0.05, 0) is 32.4 Å². The normalized spacial score (nSPS) is 18.9. The van der Waals surface area contributed by atoms with E-state index in [4.69, 9.17) is 4.84 Å². The topological polar surface area (TPSA) is 56.5 Å². The van der Waals surface area contributed by atoms with Crippen LogP contribution >= 0.6 is 0 Å². The van der Waals surface area contributed by atoms with Gasteiger partial charge in [0, 0.05) is 11.3 Å². The van der Waals surface area contributed by atoms with Crippen molar-refractivity contribution in [3.63, 3.8) is 0 Å². The van der Waals surface area contributed by atoms with Gasteiger partial charge in [0.05, 0.1) is 17.3 Å². The van der Waals surface area contributed by atoms with E-state index >= 15 is 0 Å². The van der Waals surface area contributed by atoms with E-state index in [1.165, 1.54) is 4.68 Å².